The number of nitrogens with one attached hydrogen (secondary N) is 1. The van der Waals surface area contributed by atoms with Gasteiger partial charge in [-0.25, -0.2) is 9.78 Å². The number of fused-ring (bicyclic) bond motifs is 1. The summed E-state index contributed by atoms with van der Waals surface area (Å²) in [4.78, 5) is 15.6. The third kappa shape index (κ3) is 5.67. The minimum absolute atomic E-state index is 0.0901. The summed E-state index contributed by atoms with van der Waals surface area (Å²) in [5, 5.41) is 14.1. The first-order valence-corrected chi connectivity index (χ1v) is 9.87. The molecule has 150 valence electrons. The van der Waals surface area contributed by atoms with Gasteiger partial charge in [-0.3, -0.25) is 0 Å². The molecule has 3 rings (SSSR count). The van der Waals surface area contributed by atoms with Crippen LogP contribution in [0.25, 0.3) is 0 Å². The third-order valence-corrected chi connectivity index (χ3v) is 4.96. The minimum Gasteiger partial charge on any atom is -0.482 e. The fraction of sp³-hybridized carbons (Fsp3) is 0.429. The van der Waals surface area contributed by atoms with Crippen LogP contribution in [0, 0.1) is 0 Å². The number of nitrogens with zero attached hydrogens (tertiary/aromatic N) is 1. The molecule has 2 N–H and O–H groups in total. The Labute approximate surface area is 169 Å². The molecule has 2 atom stereocenters. The molecule has 0 saturated carbocycles. The van der Waals surface area contributed by atoms with Gasteiger partial charge in [0, 0.05) is 12.6 Å². The van der Waals surface area contributed by atoms with E-state index in [0.29, 0.717) is 29.7 Å². The van der Waals surface area contributed by atoms with Crippen LogP contribution in [0.1, 0.15) is 36.3 Å². The lowest BCUT2D eigenvalue weighted by molar-refractivity contribution is -0.145. The van der Waals surface area contributed by atoms with Gasteiger partial charge in [-0.05, 0) is 61.6 Å². The van der Waals surface area contributed by atoms with E-state index >= 15 is 0 Å². The molecule has 1 aliphatic carbocycles. The van der Waals surface area contributed by atoms with E-state index < -0.39 is 6.10 Å². The highest BCUT2D eigenvalue weighted by atomic mass is 35.5. The zero-order chi connectivity index (χ0) is 19.9. The van der Waals surface area contributed by atoms with E-state index in [9.17, 15) is 9.90 Å². The van der Waals surface area contributed by atoms with Crippen LogP contribution in [-0.4, -0.2) is 41.9 Å². The monoisotopic (exact) mass is 404 g/mol. The van der Waals surface area contributed by atoms with Gasteiger partial charge in [-0.15, -0.1) is 0 Å². The Morgan fingerprint density at radius 2 is 2.21 bits per heavy atom. The molecule has 7 heteroatoms. The second-order valence-electron chi connectivity index (χ2n) is 6.77. The Kier molecular flexibility index (Phi) is 7.25. The first-order valence-electron chi connectivity index (χ1n) is 9.49. The molecule has 0 spiro atoms. The van der Waals surface area contributed by atoms with E-state index in [0.717, 1.165) is 19.3 Å². The lowest BCUT2D eigenvalue weighted by Gasteiger charge is -2.27. The van der Waals surface area contributed by atoms with Gasteiger partial charge in [-0.2, -0.15) is 0 Å². The Bertz CT molecular complexity index is 815. The SMILES string of the molecule is CCOC(=O)COc1ccc2c(c1)CC(NC[C@H](O)c1cccc(Cl)n1)CC2. The van der Waals surface area contributed by atoms with Crippen LogP contribution in [0.4, 0.5) is 0 Å². The predicted octanol–water partition coefficient (Wildman–Crippen LogP) is 2.86. The fourth-order valence-electron chi connectivity index (χ4n) is 3.33. The number of esters is 1. The molecular formula is C21H25ClN2O4. The summed E-state index contributed by atoms with van der Waals surface area (Å²) in [7, 11) is 0. The Morgan fingerprint density at radius 1 is 1.36 bits per heavy atom. The molecule has 0 aliphatic heterocycles. The van der Waals surface area contributed by atoms with Crippen LogP contribution >= 0.6 is 11.6 Å². The molecule has 0 radical (unpaired) electrons. The van der Waals surface area contributed by atoms with Crippen molar-refractivity contribution in [2.75, 3.05) is 19.8 Å². The molecule has 1 heterocycles. The summed E-state index contributed by atoms with van der Waals surface area (Å²) in [6.45, 7) is 2.43. The number of aliphatic hydroxyl groups excluding tert-OH is 1. The second-order valence-corrected chi connectivity index (χ2v) is 7.16. The number of hydrogen-bond acceptors (Lipinski definition) is 6. The minimum atomic E-state index is -0.709. The number of aryl methyl sites for hydroxylation is 1. The van der Waals surface area contributed by atoms with E-state index in [1.54, 1.807) is 25.1 Å². The van der Waals surface area contributed by atoms with Crippen molar-refractivity contribution in [3.8, 4) is 5.75 Å². The number of aromatic nitrogens is 1. The maximum absolute atomic E-state index is 11.4. The number of carbonyl (C=O) groups is 1. The zero-order valence-corrected chi connectivity index (χ0v) is 16.6. The average molecular weight is 405 g/mol. The quantitative estimate of drug-likeness (QED) is 0.520. The highest BCUT2D eigenvalue weighted by molar-refractivity contribution is 6.29. The van der Waals surface area contributed by atoms with Gasteiger partial charge in [-0.1, -0.05) is 23.7 Å². The molecule has 1 unspecified atom stereocenters. The lowest BCUT2D eigenvalue weighted by atomic mass is 9.88. The van der Waals surface area contributed by atoms with Crippen molar-refractivity contribution in [3.63, 3.8) is 0 Å². The van der Waals surface area contributed by atoms with Crippen LogP contribution < -0.4 is 10.1 Å². The number of benzene rings is 1. The maximum atomic E-state index is 11.4. The van der Waals surface area contributed by atoms with E-state index in [2.05, 4.69) is 16.4 Å². The summed E-state index contributed by atoms with van der Waals surface area (Å²) in [5.41, 5.74) is 3.05. The topological polar surface area (TPSA) is 80.7 Å². The van der Waals surface area contributed by atoms with Gasteiger partial charge >= 0.3 is 5.97 Å². The molecule has 2 aromatic rings. The van der Waals surface area contributed by atoms with Crippen LogP contribution in [-0.2, 0) is 22.4 Å². The van der Waals surface area contributed by atoms with Crippen molar-refractivity contribution in [3.05, 3.63) is 58.4 Å². The Hall–Kier alpha value is -2.15. The highest BCUT2D eigenvalue weighted by Gasteiger charge is 2.20. The number of carbonyl (C=O) groups excluding carboxylic acids is 1. The molecule has 0 fully saturated rings. The van der Waals surface area contributed by atoms with Gasteiger partial charge in [0.2, 0.25) is 0 Å². The molecule has 28 heavy (non-hydrogen) atoms. The molecule has 0 saturated heterocycles. The summed E-state index contributed by atoms with van der Waals surface area (Å²) in [6.07, 6.45) is 2.07. The number of ether oxygens (including phenoxy) is 2. The van der Waals surface area contributed by atoms with Gasteiger partial charge in [0.15, 0.2) is 6.61 Å². The Morgan fingerprint density at radius 3 is 3.00 bits per heavy atom. The fourth-order valence-corrected chi connectivity index (χ4v) is 3.51. The van der Waals surface area contributed by atoms with E-state index in [4.69, 9.17) is 21.1 Å². The number of halogens is 1. The first-order chi connectivity index (χ1) is 13.5. The van der Waals surface area contributed by atoms with Crippen LogP contribution in [0.5, 0.6) is 5.75 Å². The van der Waals surface area contributed by atoms with Crippen molar-refractivity contribution in [1.29, 1.82) is 0 Å². The standard InChI is InChI=1S/C21H25ClN2O4/c1-2-27-21(26)13-28-17-9-7-14-6-8-16(10-15(14)11-17)23-12-19(25)18-4-3-5-20(22)24-18/h3-5,7,9,11,16,19,23,25H,2,6,8,10,12-13H2,1H3/t16?,19-/m0/s1. The molecular weight excluding hydrogens is 380 g/mol. The van der Waals surface area contributed by atoms with Crippen molar-refractivity contribution in [1.82, 2.24) is 10.3 Å². The second kappa shape index (κ2) is 9.87. The van der Waals surface area contributed by atoms with Gasteiger partial charge in [0.1, 0.15) is 17.0 Å². The normalized spacial score (nSPS) is 16.9. The third-order valence-electron chi connectivity index (χ3n) is 4.75. The summed E-state index contributed by atoms with van der Waals surface area (Å²) >= 11 is 5.89. The molecule has 0 bridgehead atoms. The largest absolute Gasteiger partial charge is 0.482 e. The molecule has 1 aromatic carbocycles. The smallest absolute Gasteiger partial charge is 0.344 e. The summed E-state index contributed by atoms with van der Waals surface area (Å²) in [6, 6.07) is 11.4. The highest BCUT2D eigenvalue weighted by Crippen LogP contribution is 2.26. The van der Waals surface area contributed by atoms with Crippen molar-refractivity contribution >= 4 is 17.6 Å². The molecule has 1 aliphatic rings. The van der Waals surface area contributed by atoms with E-state index in [1.165, 1.54) is 11.1 Å². The number of hydrogen-bond donors (Lipinski definition) is 2. The van der Waals surface area contributed by atoms with Crippen LogP contribution in [0.2, 0.25) is 5.15 Å². The Balaban J connectivity index is 1.54. The van der Waals surface area contributed by atoms with Crippen LogP contribution in [0.3, 0.4) is 0 Å². The average Bonchev–Trinajstić information content (AvgIpc) is 2.70. The number of pyridine rings is 1. The zero-order valence-electron chi connectivity index (χ0n) is 15.9. The number of aliphatic hydroxyl groups is 1. The van der Waals surface area contributed by atoms with E-state index in [1.807, 2.05) is 12.1 Å². The van der Waals surface area contributed by atoms with Crippen molar-refractivity contribution < 1.29 is 19.4 Å². The van der Waals surface area contributed by atoms with Gasteiger partial charge in [0.05, 0.1) is 12.3 Å². The van der Waals surface area contributed by atoms with E-state index in [-0.39, 0.29) is 18.6 Å². The maximum Gasteiger partial charge on any atom is 0.344 e. The number of rotatable bonds is 8. The summed E-state index contributed by atoms with van der Waals surface area (Å²) in [5.74, 6) is 0.291. The summed E-state index contributed by atoms with van der Waals surface area (Å²) < 4.78 is 10.4. The van der Waals surface area contributed by atoms with Crippen molar-refractivity contribution in [2.24, 2.45) is 0 Å². The van der Waals surface area contributed by atoms with Crippen molar-refractivity contribution in [2.45, 2.75) is 38.3 Å². The molecule has 0 amide bonds. The first kappa shape index (κ1) is 20.6. The van der Waals surface area contributed by atoms with Gasteiger partial charge in [0.25, 0.3) is 0 Å². The van der Waals surface area contributed by atoms with Crippen LogP contribution in [0.15, 0.2) is 36.4 Å². The van der Waals surface area contributed by atoms with Gasteiger partial charge < -0.3 is 19.9 Å². The molecule has 1 aromatic heterocycles. The lowest BCUT2D eigenvalue weighted by Crippen LogP contribution is -2.37. The predicted molar refractivity (Wildman–Crippen MR) is 107 cm³/mol. The molecule has 6 nitrogen and oxygen atoms in total.